The van der Waals surface area contributed by atoms with Crippen LogP contribution in [0.25, 0.3) is 33.5 Å². The highest BCUT2D eigenvalue weighted by Gasteiger charge is 2.26. The van der Waals surface area contributed by atoms with E-state index in [1.54, 1.807) is 0 Å². The van der Waals surface area contributed by atoms with Gasteiger partial charge in [-0.2, -0.15) is 5.10 Å². The van der Waals surface area contributed by atoms with Crippen LogP contribution in [0.3, 0.4) is 0 Å². The smallest absolute Gasteiger partial charge is 0.159 e. The molecule has 2 aromatic heterocycles. The van der Waals surface area contributed by atoms with Crippen LogP contribution < -0.4 is 9.64 Å². The summed E-state index contributed by atoms with van der Waals surface area (Å²) >= 11 is 0. The van der Waals surface area contributed by atoms with E-state index in [0.29, 0.717) is 0 Å². The largest absolute Gasteiger partial charge is 0.489 e. The van der Waals surface area contributed by atoms with E-state index in [2.05, 4.69) is 67.3 Å². The summed E-state index contributed by atoms with van der Waals surface area (Å²) in [4.78, 5) is 16.1. The van der Waals surface area contributed by atoms with Crippen LogP contribution in [0.15, 0.2) is 36.4 Å². The topological polar surface area (TPSA) is 76.3 Å². The molecule has 0 amide bonds. The number of H-pyrrole nitrogens is 2. The lowest BCUT2D eigenvalue weighted by Gasteiger charge is -2.41. The van der Waals surface area contributed by atoms with Gasteiger partial charge in [-0.05, 0) is 102 Å². The second-order valence-electron chi connectivity index (χ2n) is 11.5. The fraction of sp³-hybridized carbons (Fsp3) is 0.533. The van der Waals surface area contributed by atoms with Gasteiger partial charge in [0.25, 0.3) is 0 Å². The lowest BCUT2D eigenvalue weighted by Crippen LogP contribution is -2.46. The summed E-state index contributed by atoms with van der Waals surface area (Å²) in [5.74, 6) is 1.69. The highest BCUT2D eigenvalue weighted by atomic mass is 16.5. The van der Waals surface area contributed by atoms with Crippen molar-refractivity contribution >= 4 is 27.6 Å². The van der Waals surface area contributed by atoms with E-state index in [0.717, 1.165) is 77.8 Å². The zero-order valence-corrected chi connectivity index (χ0v) is 22.5. The van der Waals surface area contributed by atoms with Gasteiger partial charge in [0.05, 0.1) is 16.6 Å². The van der Waals surface area contributed by atoms with Crippen molar-refractivity contribution in [2.24, 2.45) is 0 Å². The number of hydrogen-bond acceptors (Lipinski definition) is 6. The van der Waals surface area contributed by atoms with Crippen LogP contribution in [-0.4, -0.2) is 88.4 Å². The summed E-state index contributed by atoms with van der Waals surface area (Å²) in [6.07, 6.45) is 9.17. The number of piperidine rings is 3. The Kier molecular flexibility index (Phi) is 6.45. The molecular weight excluding hydrogens is 474 g/mol. The molecule has 8 nitrogen and oxygen atoms in total. The van der Waals surface area contributed by atoms with Gasteiger partial charge in [-0.15, -0.1) is 0 Å². The monoisotopic (exact) mass is 513 g/mol. The van der Waals surface area contributed by atoms with Gasteiger partial charge in [-0.1, -0.05) is 6.42 Å². The van der Waals surface area contributed by atoms with Crippen molar-refractivity contribution < 1.29 is 4.74 Å². The molecule has 0 bridgehead atoms. The molecule has 1 unspecified atom stereocenters. The molecule has 2 N–H and O–H groups in total. The van der Waals surface area contributed by atoms with Crippen molar-refractivity contribution in [2.75, 3.05) is 51.2 Å². The van der Waals surface area contributed by atoms with Gasteiger partial charge >= 0.3 is 0 Å². The van der Waals surface area contributed by atoms with Crippen LogP contribution in [0.1, 0.15) is 44.9 Å². The third kappa shape index (κ3) is 4.76. The quantitative estimate of drug-likeness (QED) is 0.390. The summed E-state index contributed by atoms with van der Waals surface area (Å²) in [5, 5.41) is 8.84. The lowest BCUT2D eigenvalue weighted by atomic mass is 9.99. The third-order valence-electron chi connectivity index (χ3n) is 8.84. The Labute approximate surface area is 224 Å². The Morgan fingerprint density at radius 3 is 2.58 bits per heavy atom. The fourth-order valence-corrected chi connectivity index (χ4v) is 6.73. The van der Waals surface area contributed by atoms with Gasteiger partial charge in [0.2, 0.25) is 0 Å². The van der Waals surface area contributed by atoms with Crippen molar-refractivity contribution in [1.29, 1.82) is 0 Å². The predicted octanol–water partition coefficient (Wildman–Crippen LogP) is 5.03. The number of aromatic nitrogens is 4. The first kappa shape index (κ1) is 24.0. The molecule has 0 spiro atoms. The van der Waals surface area contributed by atoms with Gasteiger partial charge in [0, 0.05) is 36.7 Å². The maximum Gasteiger partial charge on any atom is 0.159 e. The number of hydrogen-bond donors (Lipinski definition) is 2. The van der Waals surface area contributed by atoms with Crippen LogP contribution in [0.2, 0.25) is 0 Å². The third-order valence-corrected chi connectivity index (χ3v) is 8.84. The second-order valence-corrected chi connectivity index (χ2v) is 11.5. The van der Waals surface area contributed by atoms with Crippen molar-refractivity contribution in [3.05, 3.63) is 36.4 Å². The molecule has 200 valence electrons. The number of aromatic amines is 2. The molecule has 3 aliphatic heterocycles. The summed E-state index contributed by atoms with van der Waals surface area (Å²) in [6.45, 7) is 6.95. The van der Waals surface area contributed by atoms with Crippen molar-refractivity contribution in [2.45, 2.75) is 57.1 Å². The maximum atomic E-state index is 6.36. The second kappa shape index (κ2) is 10.2. The Balaban J connectivity index is 1.09. The van der Waals surface area contributed by atoms with E-state index in [-0.39, 0.29) is 6.10 Å². The first-order valence-electron chi connectivity index (χ1n) is 14.5. The van der Waals surface area contributed by atoms with Crippen molar-refractivity contribution in [1.82, 2.24) is 30.0 Å². The zero-order valence-electron chi connectivity index (χ0n) is 22.5. The Morgan fingerprint density at radius 2 is 1.74 bits per heavy atom. The van der Waals surface area contributed by atoms with Crippen LogP contribution >= 0.6 is 0 Å². The molecule has 1 atom stereocenters. The Morgan fingerprint density at radius 1 is 0.868 bits per heavy atom. The lowest BCUT2D eigenvalue weighted by molar-refractivity contribution is 0.104. The number of ether oxygens (including phenoxy) is 1. The van der Waals surface area contributed by atoms with Crippen LogP contribution in [0.5, 0.6) is 5.75 Å². The number of rotatable bonds is 5. The predicted molar refractivity (Wildman–Crippen MR) is 153 cm³/mol. The molecule has 0 radical (unpaired) electrons. The van der Waals surface area contributed by atoms with E-state index in [9.17, 15) is 0 Å². The van der Waals surface area contributed by atoms with E-state index in [1.165, 1.54) is 57.3 Å². The summed E-state index contributed by atoms with van der Waals surface area (Å²) in [6, 6.07) is 13.6. The Hall–Kier alpha value is -3.10. The number of nitrogens with zero attached hydrogens (tertiary/aromatic N) is 5. The Bertz CT molecular complexity index is 1400. The number of nitrogens with one attached hydrogen (secondary N) is 2. The van der Waals surface area contributed by atoms with E-state index in [4.69, 9.17) is 9.72 Å². The molecule has 5 heterocycles. The molecular formula is C30H39N7O. The molecule has 3 saturated heterocycles. The van der Waals surface area contributed by atoms with Gasteiger partial charge in [0.15, 0.2) is 5.82 Å². The maximum absolute atomic E-state index is 6.36. The van der Waals surface area contributed by atoms with Crippen molar-refractivity contribution in [3.8, 4) is 17.3 Å². The fourth-order valence-electron chi connectivity index (χ4n) is 6.73. The normalized spacial score (nSPS) is 22.4. The minimum atomic E-state index is 0.232. The molecule has 3 aliphatic rings. The average Bonchev–Trinajstić information content (AvgIpc) is 3.57. The first-order chi connectivity index (χ1) is 18.7. The number of imidazole rings is 1. The molecule has 4 aromatic rings. The number of benzene rings is 2. The van der Waals surface area contributed by atoms with Crippen LogP contribution in [0.4, 0.5) is 5.69 Å². The van der Waals surface area contributed by atoms with Gasteiger partial charge in [-0.3, -0.25) is 5.10 Å². The molecule has 7 rings (SSSR count). The van der Waals surface area contributed by atoms with Crippen LogP contribution in [0, 0.1) is 0 Å². The highest BCUT2D eigenvalue weighted by Crippen LogP contribution is 2.32. The van der Waals surface area contributed by atoms with E-state index >= 15 is 0 Å². The first-order valence-corrected chi connectivity index (χ1v) is 14.5. The summed E-state index contributed by atoms with van der Waals surface area (Å²) in [5.41, 5.74) is 5.15. The number of likely N-dealkylation sites (tertiary alicyclic amines) is 2. The molecule has 8 heteroatoms. The minimum Gasteiger partial charge on any atom is -0.489 e. The minimum absolute atomic E-state index is 0.232. The van der Waals surface area contributed by atoms with Gasteiger partial charge in [0.1, 0.15) is 17.5 Å². The summed E-state index contributed by atoms with van der Waals surface area (Å²) in [7, 11) is 2.16. The average molecular weight is 514 g/mol. The molecule has 38 heavy (non-hydrogen) atoms. The van der Waals surface area contributed by atoms with Crippen molar-refractivity contribution in [3.63, 3.8) is 0 Å². The number of fused-ring (bicyclic) bond motifs is 2. The van der Waals surface area contributed by atoms with Crippen LogP contribution in [-0.2, 0) is 0 Å². The molecule has 2 aromatic carbocycles. The number of likely N-dealkylation sites (N-methyl/N-ethyl adjacent to an activating group) is 1. The molecule has 3 fully saturated rings. The highest BCUT2D eigenvalue weighted by molar-refractivity contribution is 5.94. The molecule has 0 saturated carbocycles. The summed E-state index contributed by atoms with van der Waals surface area (Å²) < 4.78 is 6.36. The standard InChI is InChI=1S/C30H39N7O/c1-35-13-5-6-24(20-35)38-23-8-10-26-25(19-23)29(34-33-26)30-31-27-9-7-22(18-28(27)32-30)37-16-11-21(12-17-37)36-14-3-2-4-15-36/h7-10,18-19,21,24H,2-6,11-17,20H2,1H3,(H,31,32)(H,33,34). The van der Waals surface area contributed by atoms with E-state index in [1.807, 2.05) is 6.07 Å². The SMILES string of the molecule is CN1CCCC(Oc2ccc3[nH]nc(-c4nc5ccc(N6CCC(N7CCCCC7)CC6)cc5[nH]4)c3c2)C1. The van der Waals surface area contributed by atoms with Gasteiger partial charge < -0.3 is 24.4 Å². The zero-order chi connectivity index (χ0) is 25.5. The van der Waals surface area contributed by atoms with E-state index < -0.39 is 0 Å². The number of anilines is 1. The molecule has 0 aliphatic carbocycles. The van der Waals surface area contributed by atoms with Gasteiger partial charge in [-0.25, -0.2) is 4.98 Å².